The van der Waals surface area contributed by atoms with E-state index in [0.29, 0.717) is 6.42 Å². The van der Waals surface area contributed by atoms with Gasteiger partial charge in [0, 0.05) is 12.1 Å². The van der Waals surface area contributed by atoms with Crippen LogP contribution in [0.25, 0.3) is 0 Å². The van der Waals surface area contributed by atoms with Gasteiger partial charge in [0.1, 0.15) is 11.6 Å². The molecule has 21 heavy (non-hydrogen) atoms. The molecule has 0 heterocycles. The summed E-state index contributed by atoms with van der Waals surface area (Å²) < 4.78 is 18.8. The first-order valence-electron chi connectivity index (χ1n) is 7.23. The molecule has 0 bridgehead atoms. The van der Waals surface area contributed by atoms with Gasteiger partial charge in [0.25, 0.3) is 0 Å². The Morgan fingerprint density at radius 3 is 2.33 bits per heavy atom. The molecular formula is C18H22FNO. The molecule has 0 aliphatic heterocycles. The fourth-order valence-corrected chi connectivity index (χ4v) is 2.47. The van der Waals surface area contributed by atoms with E-state index in [4.69, 9.17) is 4.74 Å². The molecule has 112 valence electrons. The van der Waals surface area contributed by atoms with Crippen LogP contribution in [-0.2, 0) is 6.42 Å². The van der Waals surface area contributed by atoms with Crippen LogP contribution in [0.15, 0.2) is 48.5 Å². The molecule has 3 heteroatoms. The zero-order valence-corrected chi connectivity index (χ0v) is 12.8. The van der Waals surface area contributed by atoms with Crippen LogP contribution in [0.1, 0.15) is 31.0 Å². The molecule has 2 aromatic carbocycles. The van der Waals surface area contributed by atoms with E-state index in [1.807, 2.05) is 36.4 Å². The van der Waals surface area contributed by atoms with Gasteiger partial charge in [-0.15, -0.1) is 0 Å². The van der Waals surface area contributed by atoms with Crippen LogP contribution in [0.5, 0.6) is 5.75 Å². The standard InChI is InChI=1S/C18H22FNO/c1-13(12-16-6-4-5-7-18(16)19)20-14(2)15-8-10-17(21-3)11-9-15/h4-11,13-14,20H,12H2,1-3H3. The van der Waals surface area contributed by atoms with Gasteiger partial charge >= 0.3 is 0 Å². The van der Waals surface area contributed by atoms with Crippen molar-refractivity contribution in [3.63, 3.8) is 0 Å². The maximum Gasteiger partial charge on any atom is 0.126 e. The van der Waals surface area contributed by atoms with E-state index in [0.717, 1.165) is 11.3 Å². The van der Waals surface area contributed by atoms with Gasteiger partial charge in [-0.1, -0.05) is 30.3 Å². The van der Waals surface area contributed by atoms with Crippen molar-refractivity contribution in [2.24, 2.45) is 0 Å². The summed E-state index contributed by atoms with van der Waals surface area (Å²) in [7, 11) is 1.66. The summed E-state index contributed by atoms with van der Waals surface area (Å²) >= 11 is 0. The Morgan fingerprint density at radius 2 is 1.71 bits per heavy atom. The summed E-state index contributed by atoms with van der Waals surface area (Å²) in [5, 5.41) is 3.50. The topological polar surface area (TPSA) is 21.3 Å². The van der Waals surface area contributed by atoms with E-state index in [1.54, 1.807) is 13.2 Å². The number of hydrogen-bond donors (Lipinski definition) is 1. The van der Waals surface area contributed by atoms with Crippen LogP contribution >= 0.6 is 0 Å². The molecule has 0 saturated heterocycles. The van der Waals surface area contributed by atoms with Gasteiger partial charge in [-0.3, -0.25) is 0 Å². The molecule has 0 aliphatic carbocycles. The monoisotopic (exact) mass is 287 g/mol. The summed E-state index contributed by atoms with van der Waals surface area (Å²) in [5.41, 5.74) is 1.94. The largest absolute Gasteiger partial charge is 0.497 e. The third-order valence-electron chi connectivity index (χ3n) is 3.63. The number of hydrogen-bond acceptors (Lipinski definition) is 2. The van der Waals surface area contributed by atoms with Crippen LogP contribution in [0.2, 0.25) is 0 Å². The highest BCUT2D eigenvalue weighted by Crippen LogP contribution is 2.18. The average molecular weight is 287 g/mol. The molecule has 2 atom stereocenters. The normalized spacial score (nSPS) is 13.7. The highest BCUT2D eigenvalue weighted by Gasteiger charge is 2.12. The second-order valence-electron chi connectivity index (χ2n) is 5.36. The van der Waals surface area contributed by atoms with Crippen molar-refractivity contribution >= 4 is 0 Å². The molecule has 0 aromatic heterocycles. The lowest BCUT2D eigenvalue weighted by Gasteiger charge is -2.21. The second kappa shape index (κ2) is 7.23. The van der Waals surface area contributed by atoms with Crippen molar-refractivity contribution in [1.82, 2.24) is 5.32 Å². The second-order valence-corrected chi connectivity index (χ2v) is 5.36. The molecule has 2 rings (SSSR count). The lowest BCUT2D eigenvalue weighted by atomic mass is 10.0. The maximum absolute atomic E-state index is 13.7. The molecule has 0 fully saturated rings. The summed E-state index contributed by atoms with van der Waals surface area (Å²) in [6.45, 7) is 4.19. The highest BCUT2D eigenvalue weighted by molar-refractivity contribution is 5.29. The first kappa shape index (κ1) is 15.5. The average Bonchev–Trinajstić information content (AvgIpc) is 2.49. The Bertz CT molecular complexity index is 568. The Balaban J connectivity index is 1.95. The molecule has 0 radical (unpaired) electrons. The van der Waals surface area contributed by atoms with E-state index in [-0.39, 0.29) is 17.9 Å². The molecule has 0 amide bonds. The molecule has 2 nitrogen and oxygen atoms in total. The predicted octanol–water partition coefficient (Wildman–Crippen LogP) is 4.12. The predicted molar refractivity (Wildman–Crippen MR) is 84.1 cm³/mol. The fraction of sp³-hybridized carbons (Fsp3) is 0.333. The van der Waals surface area contributed by atoms with Crippen molar-refractivity contribution in [1.29, 1.82) is 0 Å². The van der Waals surface area contributed by atoms with Crippen LogP contribution in [0, 0.1) is 5.82 Å². The Kier molecular flexibility index (Phi) is 5.34. The number of ether oxygens (including phenoxy) is 1. The number of methoxy groups -OCH3 is 1. The van der Waals surface area contributed by atoms with E-state index in [1.165, 1.54) is 11.6 Å². The minimum atomic E-state index is -0.136. The zero-order chi connectivity index (χ0) is 15.2. The van der Waals surface area contributed by atoms with Crippen LogP contribution in [-0.4, -0.2) is 13.2 Å². The van der Waals surface area contributed by atoms with Crippen molar-refractivity contribution < 1.29 is 9.13 Å². The van der Waals surface area contributed by atoms with Crippen LogP contribution in [0.3, 0.4) is 0 Å². The minimum absolute atomic E-state index is 0.136. The summed E-state index contributed by atoms with van der Waals surface area (Å²) in [5.74, 6) is 0.716. The SMILES string of the molecule is COc1ccc(C(C)NC(C)Cc2ccccc2F)cc1. The molecule has 0 saturated carbocycles. The van der Waals surface area contributed by atoms with Crippen LogP contribution in [0.4, 0.5) is 4.39 Å². The molecule has 2 aromatic rings. The Labute approximate surface area is 126 Å². The van der Waals surface area contributed by atoms with Gasteiger partial charge in [-0.25, -0.2) is 4.39 Å². The third kappa shape index (κ3) is 4.30. The van der Waals surface area contributed by atoms with Crippen molar-refractivity contribution in [3.05, 3.63) is 65.5 Å². The summed E-state index contributed by atoms with van der Waals surface area (Å²) in [6.07, 6.45) is 0.674. The minimum Gasteiger partial charge on any atom is -0.497 e. The quantitative estimate of drug-likeness (QED) is 0.863. The molecule has 0 aliphatic rings. The Hall–Kier alpha value is -1.87. The van der Waals surface area contributed by atoms with Crippen molar-refractivity contribution in [2.75, 3.05) is 7.11 Å². The summed E-state index contributed by atoms with van der Waals surface area (Å²) in [6, 6.07) is 15.3. The Morgan fingerprint density at radius 1 is 1.05 bits per heavy atom. The number of rotatable bonds is 6. The first-order chi connectivity index (χ1) is 10.1. The lowest BCUT2D eigenvalue weighted by molar-refractivity contribution is 0.414. The van der Waals surface area contributed by atoms with E-state index in [2.05, 4.69) is 19.2 Å². The number of halogens is 1. The summed E-state index contributed by atoms with van der Waals surface area (Å²) in [4.78, 5) is 0. The van der Waals surface area contributed by atoms with Gasteiger partial charge in [-0.2, -0.15) is 0 Å². The lowest BCUT2D eigenvalue weighted by Crippen LogP contribution is -2.31. The van der Waals surface area contributed by atoms with Crippen molar-refractivity contribution in [3.8, 4) is 5.75 Å². The van der Waals surface area contributed by atoms with Gasteiger partial charge in [0.2, 0.25) is 0 Å². The van der Waals surface area contributed by atoms with Crippen molar-refractivity contribution in [2.45, 2.75) is 32.4 Å². The van der Waals surface area contributed by atoms with Crippen LogP contribution < -0.4 is 10.1 Å². The van der Waals surface area contributed by atoms with E-state index in [9.17, 15) is 4.39 Å². The van der Waals surface area contributed by atoms with E-state index < -0.39 is 0 Å². The number of benzene rings is 2. The van der Waals surface area contributed by atoms with Gasteiger partial charge < -0.3 is 10.1 Å². The fourth-order valence-electron chi connectivity index (χ4n) is 2.47. The maximum atomic E-state index is 13.7. The van der Waals surface area contributed by atoms with Gasteiger partial charge in [-0.05, 0) is 49.6 Å². The molecule has 1 N–H and O–H groups in total. The molecule has 0 spiro atoms. The number of nitrogens with one attached hydrogen (secondary N) is 1. The smallest absolute Gasteiger partial charge is 0.126 e. The highest BCUT2D eigenvalue weighted by atomic mass is 19.1. The molecular weight excluding hydrogens is 265 g/mol. The third-order valence-corrected chi connectivity index (χ3v) is 3.63. The van der Waals surface area contributed by atoms with E-state index >= 15 is 0 Å². The first-order valence-corrected chi connectivity index (χ1v) is 7.23. The van der Waals surface area contributed by atoms with Gasteiger partial charge in [0.05, 0.1) is 7.11 Å². The molecule has 2 unspecified atom stereocenters. The zero-order valence-electron chi connectivity index (χ0n) is 12.8. The van der Waals surface area contributed by atoms with Gasteiger partial charge in [0.15, 0.2) is 0 Å².